The van der Waals surface area contributed by atoms with E-state index in [-0.39, 0.29) is 12.5 Å². The summed E-state index contributed by atoms with van der Waals surface area (Å²) in [6.07, 6.45) is 1.86. The Morgan fingerprint density at radius 3 is 3.00 bits per heavy atom. The van der Waals surface area contributed by atoms with E-state index < -0.39 is 0 Å². The number of thiazole rings is 1. The summed E-state index contributed by atoms with van der Waals surface area (Å²) in [6.45, 7) is 0.0699. The molecule has 1 amide bonds. The summed E-state index contributed by atoms with van der Waals surface area (Å²) in [7, 11) is 1.85. The minimum Gasteiger partial charge on any atom is -0.327 e. The van der Waals surface area contributed by atoms with Gasteiger partial charge in [-0.05, 0) is 23.7 Å². The monoisotopic (exact) mass is 337 g/mol. The lowest BCUT2D eigenvalue weighted by molar-refractivity contribution is -0.118. The number of rotatable bonds is 3. The molecule has 0 radical (unpaired) electrons. The van der Waals surface area contributed by atoms with Gasteiger partial charge in [-0.2, -0.15) is 10.1 Å². The minimum atomic E-state index is -0.261. The van der Waals surface area contributed by atoms with Crippen LogP contribution in [0.5, 0.6) is 0 Å². The summed E-state index contributed by atoms with van der Waals surface area (Å²) in [5.41, 5.74) is 0. The van der Waals surface area contributed by atoms with Crippen molar-refractivity contribution in [1.29, 1.82) is 0 Å². The Morgan fingerprint density at radius 2 is 2.33 bits per heavy atom. The average molecular weight is 337 g/mol. The maximum absolute atomic E-state index is 12.1. The van der Waals surface area contributed by atoms with Crippen LogP contribution in [0.1, 0.15) is 0 Å². The molecule has 3 heterocycles. The summed E-state index contributed by atoms with van der Waals surface area (Å²) in [6, 6.07) is 3.87. The number of aromatic nitrogens is 4. The number of amides is 1. The van der Waals surface area contributed by atoms with Crippen LogP contribution in [-0.4, -0.2) is 25.2 Å². The van der Waals surface area contributed by atoms with E-state index in [9.17, 15) is 4.79 Å². The first-order valence-electron chi connectivity index (χ1n) is 6.02. The molecule has 9 heteroatoms. The lowest BCUT2D eigenvalue weighted by Crippen LogP contribution is -2.16. The van der Waals surface area contributed by atoms with Crippen LogP contribution < -0.4 is 4.80 Å². The van der Waals surface area contributed by atoms with E-state index in [1.54, 1.807) is 20.5 Å². The number of aromatic amines is 1. The fourth-order valence-corrected chi connectivity index (χ4v) is 3.44. The molecule has 3 aromatic heterocycles. The zero-order valence-electron chi connectivity index (χ0n) is 11.0. The Labute approximate surface area is 133 Å². The smallest absolute Gasteiger partial charge is 0.268 e. The molecule has 0 saturated carbocycles. The molecule has 0 atom stereocenters. The maximum Gasteiger partial charge on any atom is 0.268 e. The number of thiophene rings is 1. The Bertz CT molecular complexity index is 881. The predicted octanol–water partition coefficient (Wildman–Crippen LogP) is 2.20. The molecule has 0 bridgehead atoms. The normalized spacial score (nSPS) is 12.0. The van der Waals surface area contributed by atoms with E-state index in [1.807, 2.05) is 36.1 Å². The van der Waals surface area contributed by atoms with E-state index in [0.29, 0.717) is 15.4 Å². The van der Waals surface area contributed by atoms with E-state index in [0.717, 1.165) is 4.88 Å². The third-order valence-corrected chi connectivity index (χ3v) is 4.80. The van der Waals surface area contributed by atoms with Crippen molar-refractivity contribution in [1.82, 2.24) is 19.3 Å². The van der Waals surface area contributed by atoms with Gasteiger partial charge in [0, 0.05) is 18.6 Å². The van der Waals surface area contributed by atoms with Crippen LogP contribution in [-0.2, 0) is 18.4 Å². The summed E-state index contributed by atoms with van der Waals surface area (Å²) >= 11 is 8.15. The SMILES string of the molecule is Cn1ccsc1=NC(=O)Cn1c(-c2cccs2)n[nH]c1=S. The summed E-state index contributed by atoms with van der Waals surface area (Å²) in [4.78, 5) is 17.8. The van der Waals surface area contributed by atoms with Crippen LogP contribution in [0.3, 0.4) is 0 Å². The summed E-state index contributed by atoms with van der Waals surface area (Å²) < 4.78 is 3.88. The molecule has 3 rings (SSSR count). The van der Waals surface area contributed by atoms with E-state index in [2.05, 4.69) is 15.2 Å². The lowest BCUT2D eigenvalue weighted by atomic mass is 10.4. The number of carbonyl (C=O) groups excluding carboxylic acids is 1. The van der Waals surface area contributed by atoms with Crippen molar-refractivity contribution in [2.45, 2.75) is 6.54 Å². The summed E-state index contributed by atoms with van der Waals surface area (Å²) in [5, 5.41) is 10.7. The second-order valence-corrected chi connectivity index (χ2v) is 6.43. The molecular weight excluding hydrogens is 326 g/mol. The Balaban J connectivity index is 1.93. The number of carbonyl (C=O) groups is 1. The third-order valence-electron chi connectivity index (χ3n) is 2.77. The van der Waals surface area contributed by atoms with Gasteiger partial charge in [0.15, 0.2) is 15.4 Å². The van der Waals surface area contributed by atoms with Crippen molar-refractivity contribution < 1.29 is 4.79 Å². The molecule has 0 aliphatic heterocycles. The molecule has 0 aromatic carbocycles. The van der Waals surface area contributed by atoms with Crippen LogP contribution >= 0.6 is 34.9 Å². The fraction of sp³-hybridized carbons (Fsp3) is 0.167. The van der Waals surface area contributed by atoms with Crippen LogP contribution in [0, 0.1) is 4.77 Å². The largest absolute Gasteiger partial charge is 0.327 e. The van der Waals surface area contributed by atoms with Gasteiger partial charge < -0.3 is 4.57 Å². The van der Waals surface area contributed by atoms with Crippen molar-refractivity contribution in [2.75, 3.05) is 0 Å². The molecule has 0 spiro atoms. The number of nitrogens with one attached hydrogen (secondary N) is 1. The quantitative estimate of drug-likeness (QED) is 0.745. The van der Waals surface area contributed by atoms with Crippen molar-refractivity contribution in [3.05, 3.63) is 38.7 Å². The molecule has 21 heavy (non-hydrogen) atoms. The van der Waals surface area contributed by atoms with Crippen molar-refractivity contribution in [3.63, 3.8) is 0 Å². The lowest BCUT2D eigenvalue weighted by Gasteiger charge is -2.01. The number of hydrogen-bond acceptors (Lipinski definition) is 5. The van der Waals surface area contributed by atoms with Crippen molar-refractivity contribution in [2.24, 2.45) is 12.0 Å². The molecule has 108 valence electrons. The van der Waals surface area contributed by atoms with Crippen LogP contribution in [0.15, 0.2) is 34.1 Å². The predicted molar refractivity (Wildman–Crippen MR) is 84.6 cm³/mol. The summed E-state index contributed by atoms with van der Waals surface area (Å²) in [5.74, 6) is 0.400. The molecule has 3 aromatic rings. The van der Waals surface area contributed by atoms with Gasteiger partial charge in [0.25, 0.3) is 5.91 Å². The van der Waals surface area contributed by atoms with Gasteiger partial charge in [-0.1, -0.05) is 6.07 Å². The molecule has 0 saturated heterocycles. The minimum absolute atomic E-state index is 0.0699. The van der Waals surface area contributed by atoms with Gasteiger partial charge >= 0.3 is 0 Å². The zero-order chi connectivity index (χ0) is 14.8. The fourth-order valence-electron chi connectivity index (χ4n) is 1.77. The second kappa shape index (κ2) is 5.88. The molecule has 6 nitrogen and oxygen atoms in total. The third kappa shape index (κ3) is 2.94. The van der Waals surface area contributed by atoms with E-state index in [4.69, 9.17) is 12.2 Å². The van der Waals surface area contributed by atoms with Gasteiger partial charge in [0.05, 0.1) is 4.88 Å². The number of hydrogen-bond donors (Lipinski definition) is 1. The average Bonchev–Trinajstić information content (AvgIpc) is 3.15. The Kier molecular flexibility index (Phi) is 3.95. The van der Waals surface area contributed by atoms with Gasteiger partial charge in [-0.15, -0.1) is 22.7 Å². The first kappa shape index (κ1) is 14.1. The van der Waals surface area contributed by atoms with Crippen LogP contribution in [0.4, 0.5) is 0 Å². The van der Waals surface area contributed by atoms with Crippen LogP contribution in [0.25, 0.3) is 10.7 Å². The highest BCUT2D eigenvalue weighted by molar-refractivity contribution is 7.71. The Hall–Kier alpha value is -1.84. The van der Waals surface area contributed by atoms with Gasteiger partial charge in [0.1, 0.15) is 6.54 Å². The zero-order valence-corrected chi connectivity index (χ0v) is 13.5. The van der Waals surface area contributed by atoms with Gasteiger partial charge in [-0.3, -0.25) is 14.5 Å². The van der Waals surface area contributed by atoms with Crippen molar-refractivity contribution >= 4 is 40.8 Å². The standard InChI is InChI=1S/C12H11N5OS3/c1-16-4-6-21-12(16)13-9(18)7-17-10(14-15-11(17)19)8-3-2-5-20-8/h2-6H,7H2,1H3,(H,15,19). The first-order valence-corrected chi connectivity index (χ1v) is 8.18. The Morgan fingerprint density at radius 1 is 1.48 bits per heavy atom. The topological polar surface area (TPSA) is 68.0 Å². The molecule has 1 N–H and O–H groups in total. The van der Waals surface area contributed by atoms with Gasteiger partial charge in [0.2, 0.25) is 0 Å². The van der Waals surface area contributed by atoms with Crippen molar-refractivity contribution in [3.8, 4) is 10.7 Å². The second-order valence-electron chi connectivity index (χ2n) is 4.22. The van der Waals surface area contributed by atoms with Gasteiger partial charge in [-0.25, -0.2) is 0 Å². The maximum atomic E-state index is 12.1. The van der Waals surface area contributed by atoms with E-state index in [1.165, 1.54) is 11.3 Å². The molecule has 0 aliphatic rings. The number of H-pyrrole nitrogens is 1. The highest BCUT2D eigenvalue weighted by Gasteiger charge is 2.12. The molecule has 0 fully saturated rings. The number of nitrogens with zero attached hydrogens (tertiary/aromatic N) is 4. The molecule has 0 unspecified atom stereocenters. The highest BCUT2D eigenvalue weighted by Crippen LogP contribution is 2.22. The first-order chi connectivity index (χ1) is 10.1. The molecular formula is C12H11N5OS3. The van der Waals surface area contributed by atoms with Crippen LogP contribution in [0.2, 0.25) is 0 Å². The number of aryl methyl sites for hydroxylation is 1. The van der Waals surface area contributed by atoms with E-state index >= 15 is 0 Å². The molecule has 0 aliphatic carbocycles. The highest BCUT2D eigenvalue weighted by atomic mass is 32.1.